The van der Waals surface area contributed by atoms with Crippen LogP contribution in [0.25, 0.3) is 0 Å². The zero-order chi connectivity index (χ0) is 12.3. The van der Waals surface area contributed by atoms with Gasteiger partial charge in [-0.2, -0.15) is 0 Å². The summed E-state index contributed by atoms with van der Waals surface area (Å²) in [6.07, 6.45) is 3.21. The lowest BCUT2D eigenvalue weighted by molar-refractivity contribution is 0.238. The smallest absolute Gasteiger partial charge is 0.226 e. The summed E-state index contributed by atoms with van der Waals surface area (Å²) >= 11 is 0. The van der Waals surface area contributed by atoms with Gasteiger partial charge in [-0.3, -0.25) is 0 Å². The summed E-state index contributed by atoms with van der Waals surface area (Å²) in [5.74, 6) is 0.632. The second-order valence-electron chi connectivity index (χ2n) is 4.48. The topological polar surface area (TPSA) is 69.5 Å². The Morgan fingerprint density at radius 2 is 2.18 bits per heavy atom. The molecule has 2 heterocycles. The second-order valence-corrected chi connectivity index (χ2v) is 4.48. The summed E-state index contributed by atoms with van der Waals surface area (Å²) in [6, 6.07) is 1.89. The molecule has 1 unspecified atom stereocenters. The summed E-state index contributed by atoms with van der Waals surface area (Å²) in [5, 5.41) is 18.5. The van der Waals surface area contributed by atoms with Gasteiger partial charge >= 0.3 is 0 Å². The maximum atomic E-state index is 9.37. The first kappa shape index (κ1) is 12.3. The number of anilines is 1. The van der Waals surface area contributed by atoms with E-state index in [1.807, 2.05) is 6.92 Å². The second kappa shape index (κ2) is 5.42. The monoisotopic (exact) mass is 237 g/mol. The van der Waals surface area contributed by atoms with Crippen LogP contribution >= 0.6 is 0 Å². The Morgan fingerprint density at radius 1 is 1.35 bits per heavy atom. The average molecular weight is 237 g/mol. The molecule has 2 rings (SSSR count). The first-order valence-corrected chi connectivity index (χ1v) is 6.07. The minimum absolute atomic E-state index is 0.0754. The Balaban J connectivity index is 2.27. The van der Waals surface area contributed by atoms with E-state index in [1.165, 1.54) is 0 Å². The van der Waals surface area contributed by atoms with Crippen molar-refractivity contribution in [3.63, 3.8) is 0 Å². The summed E-state index contributed by atoms with van der Waals surface area (Å²) in [4.78, 5) is 10.8. The van der Waals surface area contributed by atoms with E-state index in [4.69, 9.17) is 5.11 Å². The Kier molecular flexibility index (Phi) is 3.91. The molecule has 1 aromatic rings. The molecule has 1 fully saturated rings. The lowest BCUT2D eigenvalue weighted by Gasteiger charge is -2.34. The molecule has 1 aliphatic heterocycles. The molecule has 1 aliphatic rings. The van der Waals surface area contributed by atoms with Gasteiger partial charge in [0, 0.05) is 12.2 Å². The van der Waals surface area contributed by atoms with Crippen molar-refractivity contribution in [2.75, 3.05) is 18.1 Å². The number of hydrogen-bond acceptors (Lipinski definition) is 5. The predicted octanol–water partition coefficient (Wildman–Crippen LogP) is 0.629. The highest BCUT2D eigenvalue weighted by atomic mass is 16.3. The van der Waals surface area contributed by atoms with E-state index in [0.717, 1.165) is 31.5 Å². The van der Waals surface area contributed by atoms with Crippen molar-refractivity contribution in [2.45, 2.75) is 38.8 Å². The Morgan fingerprint density at radius 3 is 2.88 bits per heavy atom. The third-order valence-electron chi connectivity index (χ3n) is 3.15. The molecule has 0 amide bonds. The molecule has 17 heavy (non-hydrogen) atoms. The van der Waals surface area contributed by atoms with Gasteiger partial charge in [-0.05, 0) is 32.3 Å². The third-order valence-corrected chi connectivity index (χ3v) is 3.15. The first-order valence-electron chi connectivity index (χ1n) is 6.07. The number of aliphatic hydroxyl groups excluding tert-OH is 2. The van der Waals surface area contributed by atoms with Crippen LogP contribution in [0.4, 0.5) is 5.95 Å². The summed E-state index contributed by atoms with van der Waals surface area (Å²) in [7, 11) is 0. The van der Waals surface area contributed by atoms with Crippen molar-refractivity contribution in [2.24, 2.45) is 0 Å². The zero-order valence-electron chi connectivity index (χ0n) is 10.1. The van der Waals surface area contributed by atoms with Crippen LogP contribution in [0.1, 0.15) is 30.7 Å². The molecule has 0 aliphatic carbocycles. The van der Waals surface area contributed by atoms with Gasteiger partial charge in [0.15, 0.2) is 0 Å². The molecule has 5 heteroatoms. The lowest BCUT2D eigenvalue weighted by Crippen LogP contribution is -2.43. The van der Waals surface area contributed by atoms with Crippen molar-refractivity contribution in [3.8, 4) is 0 Å². The van der Waals surface area contributed by atoms with Crippen molar-refractivity contribution >= 4 is 5.95 Å². The summed E-state index contributed by atoms with van der Waals surface area (Å²) < 4.78 is 0. The largest absolute Gasteiger partial charge is 0.394 e. The van der Waals surface area contributed by atoms with E-state index >= 15 is 0 Å². The highest BCUT2D eigenvalue weighted by molar-refractivity contribution is 5.34. The van der Waals surface area contributed by atoms with Crippen LogP contribution in [0.3, 0.4) is 0 Å². The molecule has 1 atom stereocenters. The fraction of sp³-hybridized carbons (Fsp3) is 0.667. The van der Waals surface area contributed by atoms with E-state index in [-0.39, 0.29) is 19.3 Å². The molecule has 1 saturated heterocycles. The number of rotatable bonds is 3. The van der Waals surface area contributed by atoms with Crippen molar-refractivity contribution in [3.05, 3.63) is 17.5 Å². The van der Waals surface area contributed by atoms with Crippen LogP contribution in [0.15, 0.2) is 6.07 Å². The minimum atomic E-state index is -0.0754. The van der Waals surface area contributed by atoms with Crippen LogP contribution in [0.2, 0.25) is 0 Å². The maximum Gasteiger partial charge on any atom is 0.226 e. The van der Waals surface area contributed by atoms with Gasteiger partial charge in [-0.15, -0.1) is 0 Å². The molecule has 0 saturated carbocycles. The van der Waals surface area contributed by atoms with Crippen LogP contribution < -0.4 is 4.90 Å². The van der Waals surface area contributed by atoms with Crippen LogP contribution in [-0.4, -0.2) is 39.4 Å². The quantitative estimate of drug-likeness (QED) is 0.807. The van der Waals surface area contributed by atoms with Crippen LogP contribution in [-0.2, 0) is 6.61 Å². The predicted molar refractivity (Wildman–Crippen MR) is 64.8 cm³/mol. The van der Waals surface area contributed by atoms with E-state index in [1.54, 1.807) is 6.07 Å². The summed E-state index contributed by atoms with van der Waals surface area (Å²) in [6.45, 7) is 2.82. The fourth-order valence-corrected chi connectivity index (χ4v) is 2.28. The van der Waals surface area contributed by atoms with E-state index < -0.39 is 0 Å². The highest BCUT2D eigenvalue weighted by Crippen LogP contribution is 2.22. The number of aliphatic hydroxyl groups is 2. The third kappa shape index (κ3) is 2.73. The van der Waals surface area contributed by atoms with Crippen LogP contribution in [0, 0.1) is 6.92 Å². The Bertz CT molecular complexity index is 384. The SMILES string of the molecule is Cc1cc(CO)nc(N2CCCCC2CO)n1. The molecule has 0 bridgehead atoms. The number of aryl methyl sites for hydroxylation is 1. The number of piperidine rings is 1. The molecular weight excluding hydrogens is 218 g/mol. The van der Waals surface area contributed by atoms with Gasteiger partial charge < -0.3 is 15.1 Å². The van der Waals surface area contributed by atoms with Gasteiger partial charge in [0.25, 0.3) is 0 Å². The number of aromatic nitrogens is 2. The van der Waals surface area contributed by atoms with E-state index in [0.29, 0.717) is 11.6 Å². The van der Waals surface area contributed by atoms with Crippen molar-refractivity contribution in [1.82, 2.24) is 9.97 Å². The molecule has 2 N–H and O–H groups in total. The Labute approximate surface area is 101 Å². The van der Waals surface area contributed by atoms with Gasteiger partial charge in [0.2, 0.25) is 5.95 Å². The number of nitrogens with zero attached hydrogens (tertiary/aromatic N) is 3. The molecule has 5 nitrogen and oxygen atoms in total. The van der Waals surface area contributed by atoms with Crippen molar-refractivity contribution < 1.29 is 10.2 Å². The Hall–Kier alpha value is -1.20. The van der Waals surface area contributed by atoms with Crippen molar-refractivity contribution in [1.29, 1.82) is 0 Å². The lowest BCUT2D eigenvalue weighted by atomic mass is 10.0. The van der Waals surface area contributed by atoms with Crippen LogP contribution in [0.5, 0.6) is 0 Å². The molecular formula is C12H19N3O2. The van der Waals surface area contributed by atoms with E-state index in [9.17, 15) is 5.11 Å². The molecule has 1 aromatic heterocycles. The minimum Gasteiger partial charge on any atom is -0.394 e. The summed E-state index contributed by atoms with van der Waals surface area (Å²) in [5.41, 5.74) is 1.48. The van der Waals surface area contributed by atoms with Gasteiger partial charge in [-0.25, -0.2) is 9.97 Å². The van der Waals surface area contributed by atoms with E-state index in [2.05, 4.69) is 14.9 Å². The standard InChI is InChI=1S/C12H19N3O2/c1-9-6-10(7-16)14-12(13-9)15-5-3-2-4-11(15)8-17/h6,11,16-17H,2-5,7-8H2,1H3. The van der Waals surface area contributed by atoms with Gasteiger partial charge in [-0.1, -0.05) is 0 Å². The fourth-order valence-electron chi connectivity index (χ4n) is 2.28. The maximum absolute atomic E-state index is 9.37. The van der Waals surface area contributed by atoms with Gasteiger partial charge in [0.1, 0.15) is 0 Å². The first-order chi connectivity index (χ1) is 8.24. The average Bonchev–Trinajstić information content (AvgIpc) is 2.37. The normalized spacial score (nSPS) is 20.6. The highest BCUT2D eigenvalue weighted by Gasteiger charge is 2.24. The number of hydrogen-bond donors (Lipinski definition) is 2. The molecule has 0 spiro atoms. The molecule has 94 valence electrons. The van der Waals surface area contributed by atoms with Gasteiger partial charge in [0.05, 0.1) is 24.9 Å². The molecule has 0 aromatic carbocycles. The molecule has 0 radical (unpaired) electrons. The zero-order valence-corrected chi connectivity index (χ0v) is 10.1.